The van der Waals surface area contributed by atoms with Gasteiger partial charge >= 0.3 is 0 Å². The van der Waals surface area contributed by atoms with Crippen molar-refractivity contribution in [2.45, 2.75) is 45.7 Å². The van der Waals surface area contributed by atoms with Crippen molar-refractivity contribution < 1.29 is 9.59 Å². The molecule has 1 aliphatic heterocycles. The van der Waals surface area contributed by atoms with Gasteiger partial charge in [-0.15, -0.1) is 23.7 Å². The molecule has 0 radical (unpaired) electrons. The summed E-state index contributed by atoms with van der Waals surface area (Å²) in [5.74, 6) is -0.0423. The van der Waals surface area contributed by atoms with Crippen molar-refractivity contribution in [2.24, 2.45) is 11.1 Å². The molecule has 7 heteroatoms. The predicted molar refractivity (Wildman–Crippen MR) is 95.7 cm³/mol. The van der Waals surface area contributed by atoms with Crippen LogP contribution in [-0.4, -0.2) is 35.8 Å². The summed E-state index contributed by atoms with van der Waals surface area (Å²) in [6, 6.07) is 3.76. The van der Waals surface area contributed by atoms with Crippen LogP contribution in [0.25, 0.3) is 0 Å². The van der Waals surface area contributed by atoms with E-state index in [4.69, 9.17) is 5.73 Å². The molecule has 3 N–H and O–H groups in total. The minimum Gasteiger partial charge on any atom is -0.348 e. The van der Waals surface area contributed by atoms with Crippen LogP contribution in [0.4, 0.5) is 0 Å². The van der Waals surface area contributed by atoms with E-state index in [9.17, 15) is 9.59 Å². The minimum atomic E-state index is -0.247. The van der Waals surface area contributed by atoms with Gasteiger partial charge < -0.3 is 16.0 Å². The highest BCUT2D eigenvalue weighted by Crippen LogP contribution is 2.29. The van der Waals surface area contributed by atoms with E-state index in [0.29, 0.717) is 19.5 Å². The number of amides is 2. The molecular formula is C16H26ClN3O2S. The summed E-state index contributed by atoms with van der Waals surface area (Å²) in [5.41, 5.74) is 6.06. The van der Waals surface area contributed by atoms with Gasteiger partial charge in [0, 0.05) is 30.9 Å². The highest BCUT2D eigenvalue weighted by atomic mass is 35.5. The van der Waals surface area contributed by atoms with Crippen molar-refractivity contribution in [3.8, 4) is 0 Å². The number of carbonyl (C=O) groups excluding carboxylic acids is 2. The average molecular weight is 360 g/mol. The topological polar surface area (TPSA) is 75.4 Å². The fourth-order valence-electron chi connectivity index (χ4n) is 2.85. The van der Waals surface area contributed by atoms with E-state index in [1.165, 1.54) is 6.92 Å². The van der Waals surface area contributed by atoms with Gasteiger partial charge in [-0.3, -0.25) is 9.59 Å². The number of hydrogen-bond donors (Lipinski definition) is 2. The summed E-state index contributed by atoms with van der Waals surface area (Å²) in [5, 5.41) is 4.84. The van der Waals surface area contributed by atoms with E-state index in [2.05, 4.69) is 19.2 Å². The Kier molecular flexibility index (Phi) is 7.04. The molecule has 1 aliphatic rings. The molecule has 1 fully saturated rings. The van der Waals surface area contributed by atoms with Gasteiger partial charge in [0.2, 0.25) is 11.8 Å². The van der Waals surface area contributed by atoms with Gasteiger partial charge in [-0.1, -0.05) is 19.9 Å². The molecular weight excluding hydrogens is 334 g/mol. The largest absolute Gasteiger partial charge is 0.348 e. The second-order valence-corrected chi connectivity index (χ2v) is 7.65. The Balaban J connectivity index is 0.00000264. The van der Waals surface area contributed by atoms with Crippen molar-refractivity contribution in [1.82, 2.24) is 10.2 Å². The highest BCUT2D eigenvalue weighted by Gasteiger charge is 2.35. The van der Waals surface area contributed by atoms with Crippen molar-refractivity contribution >= 4 is 35.6 Å². The normalized spacial score (nSPS) is 21.2. The van der Waals surface area contributed by atoms with Crippen LogP contribution in [-0.2, 0) is 9.59 Å². The second kappa shape index (κ2) is 8.13. The van der Waals surface area contributed by atoms with Crippen LogP contribution >= 0.6 is 23.7 Å². The standard InChI is InChI=1S/C16H25N3O2S.ClH/c1-11(20)18-12(13-5-4-8-22-13)9-15(21)19-7-6-14(17)16(2,3)10-19;/h4-5,8,12,14H,6-7,9-10,17H2,1-3H3,(H,18,20);1H. The molecule has 23 heavy (non-hydrogen) atoms. The van der Waals surface area contributed by atoms with Crippen LogP contribution in [0.5, 0.6) is 0 Å². The Hall–Kier alpha value is -1.11. The van der Waals surface area contributed by atoms with E-state index >= 15 is 0 Å². The first-order valence-electron chi connectivity index (χ1n) is 7.63. The lowest BCUT2D eigenvalue weighted by Crippen LogP contribution is -2.54. The molecule has 2 heterocycles. The van der Waals surface area contributed by atoms with Crippen molar-refractivity contribution in [3.63, 3.8) is 0 Å². The van der Waals surface area contributed by atoms with E-state index < -0.39 is 0 Å². The summed E-state index contributed by atoms with van der Waals surface area (Å²) < 4.78 is 0. The Morgan fingerprint density at radius 1 is 1.52 bits per heavy atom. The zero-order valence-electron chi connectivity index (χ0n) is 13.9. The third-order valence-corrected chi connectivity index (χ3v) is 5.29. The lowest BCUT2D eigenvalue weighted by Gasteiger charge is -2.43. The SMILES string of the molecule is CC(=O)NC(CC(=O)N1CCC(N)C(C)(C)C1)c1cccs1.Cl. The molecule has 2 amide bonds. The number of rotatable bonds is 4. The number of nitrogens with one attached hydrogen (secondary N) is 1. The van der Waals surface area contributed by atoms with Gasteiger partial charge in [0.05, 0.1) is 12.5 Å². The van der Waals surface area contributed by atoms with E-state index in [1.54, 1.807) is 11.3 Å². The highest BCUT2D eigenvalue weighted by molar-refractivity contribution is 7.10. The number of nitrogens with zero attached hydrogens (tertiary/aromatic N) is 1. The monoisotopic (exact) mass is 359 g/mol. The maximum Gasteiger partial charge on any atom is 0.225 e. The zero-order chi connectivity index (χ0) is 16.3. The molecule has 0 bridgehead atoms. The number of halogens is 1. The second-order valence-electron chi connectivity index (χ2n) is 6.67. The smallest absolute Gasteiger partial charge is 0.225 e. The van der Waals surface area contributed by atoms with Gasteiger partial charge in [-0.05, 0) is 23.3 Å². The molecule has 1 aromatic rings. The predicted octanol–water partition coefficient (Wildman–Crippen LogP) is 2.32. The van der Waals surface area contributed by atoms with Crippen LogP contribution < -0.4 is 11.1 Å². The minimum absolute atomic E-state index is 0. The maximum absolute atomic E-state index is 12.6. The van der Waals surface area contributed by atoms with E-state index in [0.717, 1.165) is 11.3 Å². The van der Waals surface area contributed by atoms with Crippen molar-refractivity contribution in [1.29, 1.82) is 0 Å². The number of thiophene rings is 1. The Bertz CT molecular complexity index is 533. The molecule has 2 rings (SSSR count). The summed E-state index contributed by atoms with van der Waals surface area (Å²) in [4.78, 5) is 26.9. The van der Waals surface area contributed by atoms with Crippen LogP contribution in [0, 0.1) is 5.41 Å². The summed E-state index contributed by atoms with van der Waals surface area (Å²) >= 11 is 1.56. The Labute approximate surface area is 148 Å². The molecule has 0 spiro atoms. The van der Waals surface area contributed by atoms with Gasteiger partial charge in [-0.2, -0.15) is 0 Å². The van der Waals surface area contributed by atoms with Crippen LogP contribution in [0.2, 0.25) is 0 Å². The van der Waals surface area contributed by atoms with E-state index in [1.807, 2.05) is 22.4 Å². The average Bonchev–Trinajstić information content (AvgIpc) is 2.94. The molecule has 1 aromatic heterocycles. The molecule has 0 saturated carbocycles. The summed E-state index contributed by atoms with van der Waals surface area (Å²) in [6.07, 6.45) is 1.12. The number of carbonyl (C=O) groups is 2. The number of piperidine rings is 1. The van der Waals surface area contributed by atoms with Gasteiger partial charge in [0.25, 0.3) is 0 Å². The quantitative estimate of drug-likeness (QED) is 0.866. The van der Waals surface area contributed by atoms with Gasteiger partial charge in [0.1, 0.15) is 0 Å². The first-order chi connectivity index (χ1) is 10.3. The molecule has 5 nitrogen and oxygen atoms in total. The van der Waals surface area contributed by atoms with Gasteiger partial charge in [0.15, 0.2) is 0 Å². The van der Waals surface area contributed by atoms with Gasteiger partial charge in [-0.25, -0.2) is 0 Å². The Morgan fingerprint density at radius 3 is 2.74 bits per heavy atom. The van der Waals surface area contributed by atoms with Crippen LogP contribution in [0.1, 0.15) is 44.5 Å². The Morgan fingerprint density at radius 2 is 2.22 bits per heavy atom. The molecule has 0 aromatic carbocycles. The third kappa shape index (κ3) is 5.19. The van der Waals surface area contributed by atoms with Crippen LogP contribution in [0.15, 0.2) is 17.5 Å². The summed E-state index contributed by atoms with van der Waals surface area (Å²) in [7, 11) is 0. The van der Waals surface area contributed by atoms with E-state index in [-0.39, 0.29) is 41.7 Å². The molecule has 2 unspecified atom stereocenters. The van der Waals surface area contributed by atoms with Crippen molar-refractivity contribution in [3.05, 3.63) is 22.4 Å². The number of hydrogen-bond acceptors (Lipinski definition) is 4. The molecule has 130 valence electrons. The summed E-state index contributed by atoms with van der Waals surface area (Å²) in [6.45, 7) is 7.04. The third-order valence-electron chi connectivity index (χ3n) is 4.31. The fourth-order valence-corrected chi connectivity index (χ4v) is 3.63. The zero-order valence-corrected chi connectivity index (χ0v) is 15.5. The lowest BCUT2D eigenvalue weighted by molar-refractivity contribution is -0.135. The molecule has 0 aliphatic carbocycles. The first kappa shape index (κ1) is 19.9. The molecule has 2 atom stereocenters. The molecule has 1 saturated heterocycles. The van der Waals surface area contributed by atoms with Crippen molar-refractivity contribution in [2.75, 3.05) is 13.1 Å². The first-order valence-corrected chi connectivity index (χ1v) is 8.51. The fraction of sp³-hybridized carbons (Fsp3) is 0.625. The number of likely N-dealkylation sites (tertiary alicyclic amines) is 1. The van der Waals surface area contributed by atoms with Crippen LogP contribution in [0.3, 0.4) is 0 Å². The number of nitrogens with two attached hydrogens (primary N) is 1. The maximum atomic E-state index is 12.6. The lowest BCUT2D eigenvalue weighted by atomic mass is 9.79.